The first-order valence-corrected chi connectivity index (χ1v) is 6.07. The van der Waals surface area contributed by atoms with E-state index >= 15 is 0 Å². The van der Waals surface area contributed by atoms with Gasteiger partial charge in [0, 0.05) is 17.9 Å². The van der Waals surface area contributed by atoms with Crippen molar-refractivity contribution in [3.05, 3.63) is 52.2 Å². The van der Waals surface area contributed by atoms with Gasteiger partial charge in [-0.25, -0.2) is 9.78 Å². The highest BCUT2D eigenvalue weighted by molar-refractivity contribution is 6.59. The van der Waals surface area contributed by atoms with E-state index < -0.39 is 7.12 Å². The molecule has 2 aromatic rings. The summed E-state index contributed by atoms with van der Waals surface area (Å²) in [6, 6.07) is 5.00. The van der Waals surface area contributed by atoms with Gasteiger partial charge >= 0.3 is 12.8 Å². The molecule has 7 heteroatoms. The van der Waals surface area contributed by atoms with Crippen molar-refractivity contribution in [2.75, 3.05) is 7.11 Å². The van der Waals surface area contributed by atoms with Gasteiger partial charge < -0.3 is 14.8 Å². The van der Waals surface area contributed by atoms with Crippen LogP contribution in [0.1, 0.15) is 11.1 Å². The van der Waals surface area contributed by atoms with E-state index in [4.69, 9.17) is 4.74 Å². The molecule has 1 aromatic heterocycles. The average Bonchev–Trinajstić information content (AvgIpc) is 2.42. The van der Waals surface area contributed by atoms with Gasteiger partial charge in [-0.05, 0) is 24.1 Å². The van der Waals surface area contributed by atoms with Gasteiger partial charge in [-0.1, -0.05) is 12.1 Å². The third-order valence-corrected chi connectivity index (χ3v) is 2.91. The van der Waals surface area contributed by atoms with Gasteiger partial charge in [0.2, 0.25) is 0 Å². The predicted octanol–water partition coefficient (Wildman–Crippen LogP) is -0.712. The van der Waals surface area contributed by atoms with Crippen molar-refractivity contribution in [2.45, 2.75) is 13.5 Å². The van der Waals surface area contributed by atoms with Crippen molar-refractivity contribution in [1.82, 2.24) is 9.55 Å². The Balaban J connectivity index is 2.37. The van der Waals surface area contributed by atoms with Gasteiger partial charge in [0.15, 0.2) is 0 Å². The van der Waals surface area contributed by atoms with Crippen molar-refractivity contribution in [1.29, 1.82) is 0 Å². The summed E-state index contributed by atoms with van der Waals surface area (Å²) in [7, 11) is -0.173. The normalized spacial score (nSPS) is 10.4. The monoisotopic (exact) mass is 274 g/mol. The lowest BCUT2D eigenvalue weighted by molar-refractivity contribution is 0.403. The topological polar surface area (TPSA) is 84.6 Å². The quantitative estimate of drug-likeness (QED) is 0.719. The van der Waals surface area contributed by atoms with E-state index in [9.17, 15) is 14.8 Å². The zero-order chi connectivity index (χ0) is 14.7. The molecular formula is C13H15BN2O4. The van der Waals surface area contributed by atoms with Crippen LogP contribution in [-0.4, -0.2) is 33.8 Å². The minimum atomic E-state index is -1.63. The van der Waals surface area contributed by atoms with Crippen LogP contribution in [0.4, 0.5) is 0 Å². The summed E-state index contributed by atoms with van der Waals surface area (Å²) in [5.41, 5.74) is 1.54. The Morgan fingerprint density at radius 1 is 1.40 bits per heavy atom. The molecule has 0 fully saturated rings. The average molecular weight is 274 g/mol. The van der Waals surface area contributed by atoms with Crippen molar-refractivity contribution in [3.8, 4) is 5.75 Å². The van der Waals surface area contributed by atoms with Crippen LogP contribution in [0.2, 0.25) is 0 Å². The Morgan fingerprint density at radius 3 is 2.80 bits per heavy atom. The number of aromatic nitrogens is 2. The second-order valence-electron chi connectivity index (χ2n) is 4.49. The largest absolute Gasteiger partial charge is 0.497 e. The Kier molecular flexibility index (Phi) is 4.21. The Hall–Kier alpha value is -2.12. The molecule has 0 spiro atoms. The van der Waals surface area contributed by atoms with Crippen LogP contribution in [0.15, 0.2) is 35.4 Å². The molecule has 0 saturated carbocycles. The summed E-state index contributed by atoms with van der Waals surface area (Å²) < 4.78 is 6.52. The van der Waals surface area contributed by atoms with Crippen LogP contribution in [-0.2, 0) is 6.54 Å². The molecule has 0 aliphatic heterocycles. The van der Waals surface area contributed by atoms with Crippen LogP contribution < -0.4 is 15.9 Å². The van der Waals surface area contributed by atoms with Gasteiger partial charge in [0.05, 0.1) is 13.7 Å². The van der Waals surface area contributed by atoms with E-state index in [1.807, 2.05) is 6.92 Å². The van der Waals surface area contributed by atoms with E-state index in [2.05, 4.69) is 4.98 Å². The second kappa shape index (κ2) is 5.89. The molecule has 0 amide bonds. The maximum absolute atomic E-state index is 11.6. The van der Waals surface area contributed by atoms with E-state index in [1.54, 1.807) is 24.4 Å². The summed E-state index contributed by atoms with van der Waals surface area (Å²) in [6.45, 7) is 2.15. The Labute approximate surface area is 116 Å². The zero-order valence-corrected chi connectivity index (χ0v) is 11.3. The van der Waals surface area contributed by atoms with Gasteiger partial charge in [-0.15, -0.1) is 0 Å². The standard InChI is InChI=1S/C13H15BN2O4/c1-9-6-15-13(17)16(7-9)8-10-3-4-12(20-2)11(5-10)14(18)19/h3-7,18-19H,8H2,1-2H3. The lowest BCUT2D eigenvalue weighted by Gasteiger charge is -2.11. The number of hydrogen-bond donors (Lipinski definition) is 2. The SMILES string of the molecule is COc1ccc(Cn2cc(C)cnc2=O)cc1B(O)O. The highest BCUT2D eigenvalue weighted by atomic mass is 16.5. The molecule has 104 valence electrons. The van der Waals surface area contributed by atoms with Crippen molar-refractivity contribution >= 4 is 12.6 Å². The molecule has 0 aliphatic carbocycles. The predicted molar refractivity (Wildman–Crippen MR) is 75.2 cm³/mol. The Bertz CT molecular complexity index is 670. The molecule has 0 saturated heterocycles. The number of nitrogens with zero attached hydrogens (tertiary/aromatic N) is 2. The first-order valence-electron chi connectivity index (χ1n) is 6.07. The lowest BCUT2D eigenvalue weighted by Crippen LogP contribution is -2.32. The summed E-state index contributed by atoms with van der Waals surface area (Å²) in [5, 5.41) is 18.6. The van der Waals surface area contributed by atoms with Crippen LogP contribution in [0.3, 0.4) is 0 Å². The summed E-state index contributed by atoms with van der Waals surface area (Å²) in [6.07, 6.45) is 3.21. The molecular weight excluding hydrogens is 259 g/mol. The van der Waals surface area contributed by atoms with Gasteiger partial charge in [-0.3, -0.25) is 4.57 Å². The highest BCUT2D eigenvalue weighted by Crippen LogP contribution is 2.10. The smallest absolute Gasteiger partial charge is 0.492 e. The molecule has 1 heterocycles. The summed E-state index contributed by atoms with van der Waals surface area (Å²) in [4.78, 5) is 15.4. The number of aryl methyl sites for hydroxylation is 1. The van der Waals surface area contributed by atoms with Crippen molar-refractivity contribution in [2.24, 2.45) is 0 Å². The molecule has 0 unspecified atom stereocenters. The molecule has 1 aromatic carbocycles. The molecule has 2 rings (SSSR count). The second-order valence-corrected chi connectivity index (χ2v) is 4.49. The molecule has 2 N–H and O–H groups in total. The van der Waals surface area contributed by atoms with Crippen molar-refractivity contribution < 1.29 is 14.8 Å². The number of ether oxygens (including phenoxy) is 1. The molecule has 0 radical (unpaired) electrons. The fourth-order valence-corrected chi connectivity index (χ4v) is 1.96. The van der Waals surface area contributed by atoms with Crippen LogP contribution >= 0.6 is 0 Å². The van der Waals surface area contributed by atoms with Crippen LogP contribution in [0, 0.1) is 6.92 Å². The van der Waals surface area contributed by atoms with Crippen LogP contribution in [0.25, 0.3) is 0 Å². The number of benzene rings is 1. The van der Waals surface area contributed by atoms with Gasteiger partial charge in [0.25, 0.3) is 0 Å². The first kappa shape index (κ1) is 14.3. The van der Waals surface area contributed by atoms with Gasteiger partial charge in [0.1, 0.15) is 5.75 Å². The van der Waals surface area contributed by atoms with E-state index in [0.717, 1.165) is 11.1 Å². The number of rotatable bonds is 4. The molecule has 0 atom stereocenters. The third-order valence-electron chi connectivity index (χ3n) is 2.91. The Morgan fingerprint density at radius 2 is 2.15 bits per heavy atom. The summed E-state index contributed by atoms with van der Waals surface area (Å²) in [5.74, 6) is 0.387. The fourth-order valence-electron chi connectivity index (χ4n) is 1.96. The third kappa shape index (κ3) is 3.07. The molecule has 6 nitrogen and oxygen atoms in total. The van der Waals surface area contributed by atoms with E-state index in [0.29, 0.717) is 12.3 Å². The molecule has 20 heavy (non-hydrogen) atoms. The van der Waals surface area contributed by atoms with Gasteiger partial charge in [-0.2, -0.15) is 0 Å². The van der Waals surface area contributed by atoms with Crippen molar-refractivity contribution in [3.63, 3.8) is 0 Å². The molecule has 0 aliphatic rings. The maximum atomic E-state index is 11.6. The first-order chi connectivity index (χ1) is 9.51. The fraction of sp³-hybridized carbons (Fsp3) is 0.231. The molecule has 0 bridgehead atoms. The zero-order valence-electron chi connectivity index (χ0n) is 11.3. The summed E-state index contributed by atoms with van der Waals surface area (Å²) >= 11 is 0. The minimum Gasteiger partial charge on any atom is -0.497 e. The number of hydrogen-bond acceptors (Lipinski definition) is 5. The maximum Gasteiger partial charge on any atom is 0.492 e. The minimum absolute atomic E-state index is 0.263. The van der Waals surface area contributed by atoms with E-state index in [1.165, 1.54) is 17.9 Å². The van der Waals surface area contributed by atoms with Crippen LogP contribution in [0.5, 0.6) is 5.75 Å². The number of methoxy groups -OCH3 is 1. The van der Waals surface area contributed by atoms with E-state index in [-0.39, 0.29) is 11.2 Å². The highest BCUT2D eigenvalue weighted by Gasteiger charge is 2.17. The lowest BCUT2D eigenvalue weighted by atomic mass is 9.78.